The Balaban J connectivity index is 2.51. The van der Waals surface area contributed by atoms with Crippen molar-refractivity contribution in [2.24, 2.45) is 11.8 Å². The van der Waals surface area contributed by atoms with E-state index in [2.05, 4.69) is 0 Å². The van der Waals surface area contributed by atoms with Crippen LogP contribution in [0.5, 0.6) is 0 Å². The Morgan fingerprint density at radius 3 is 2.21 bits per heavy atom. The summed E-state index contributed by atoms with van der Waals surface area (Å²) in [7, 11) is -0.532. The normalized spacial score (nSPS) is 27.1. The maximum atomic E-state index is 11.6. The van der Waals surface area contributed by atoms with Gasteiger partial charge in [0.15, 0.2) is 0 Å². The van der Waals surface area contributed by atoms with Crippen LogP contribution in [0.2, 0.25) is 0 Å². The molecular weight excluding hydrogens is 203 g/mol. The molecule has 1 rings (SSSR count). The van der Waals surface area contributed by atoms with E-state index in [1.165, 1.54) is 14.2 Å². The van der Waals surface area contributed by atoms with E-state index < -0.39 is 7.60 Å². The molecule has 0 radical (unpaired) electrons. The summed E-state index contributed by atoms with van der Waals surface area (Å²) in [5.41, 5.74) is 0. The molecule has 0 aromatic carbocycles. The Bertz CT molecular complexity index is 256. The molecule has 1 fully saturated rings. The predicted octanol–water partition coefficient (Wildman–Crippen LogP) is 2.09. The van der Waals surface area contributed by atoms with Gasteiger partial charge in [-0.05, 0) is 18.8 Å². The smallest absolute Gasteiger partial charge is 0.312 e. The molecule has 0 saturated heterocycles. The summed E-state index contributed by atoms with van der Waals surface area (Å²) in [6, 6.07) is 0. The lowest BCUT2D eigenvalue weighted by molar-refractivity contribution is -0.125. The van der Waals surface area contributed by atoms with Gasteiger partial charge in [-0.25, -0.2) is 0 Å². The highest BCUT2D eigenvalue weighted by atomic mass is 31.2. The highest BCUT2D eigenvalue weighted by Crippen LogP contribution is 2.48. The van der Waals surface area contributed by atoms with Gasteiger partial charge in [0.2, 0.25) is 0 Å². The van der Waals surface area contributed by atoms with E-state index in [0.717, 1.165) is 12.8 Å². The fraction of sp³-hybridized carbons (Fsp3) is 0.889. The Morgan fingerprint density at radius 1 is 1.36 bits per heavy atom. The van der Waals surface area contributed by atoms with Gasteiger partial charge in [-0.15, -0.1) is 0 Å². The fourth-order valence-electron chi connectivity index (χ4n) is 1.66. The van der Waals surface area contributed by atoms with Crippen LogP contribution >= 0.6 is 7.60 Å². The standard InChI is InChI=1S/C9H17O4P/c1-7-4-5-8(7)9(10)6-14(11,12-2)13-3/h7-8H,4-6H2,1-3H3. The molecule has 1 saturated carbocycles. The summed E-state index contributed by atoms with van der Waals surface area (Å²) in [5.74, 6) is 0.495. The van der Waals surface area contributed by atoms with E-state index in [1.54, 1.807) is 0 Å². The molecule has 0 aliphatic heterocycles. The van der Waals surface area contributed by atoms with Gasteiger partial charge in [-0.2, -0.15) is 0 Å². The number of hydrogen-bond acceptors (Lipinski definition) is 4. The molecule has 2 atom stereocenters. The van der Waals surface area contributed by atoms with Crippen LogP contribution in [0.15, 0.2) is 0 Å². The Hall–Kier alpha value is -0.180. The van der Waals surface area contributed by atoms with Crippen LogP contribution in [-0.2, 0) is 18.4 Å². The molecular formula is C9H17O4P. The molecule has 0 spiro atoms. The van der Waals surface area contributed by atoms with Crippen LogP contribution in [0.1, 0.15) is 19.8 Å². The second kappa shape index (κ2) is 4.56. The van der Waals surface area contributed by atoms with Crippen LogP contribution in [-0.4, -0.2) is 26.2 Å². The van der Waals surface area contributed by atoms with E-state index >= 15 is 0 Å². The Morgan fingerprint density at radius 2 is 1.93 bits per heavy atom. The van der Waals surface area contributed by atoms with Crippen molar-refractivity contribution in [1.29, 1.82) is 0 Å². The third-order valence-electron chi connectivity index (χ3n) is 2.94. The zero-order valence-corrected chi connectivity index (χ0v) is 9.75. The maximum Gasteiger partial charge on any atom is 0.337 e. The summed E-state index contributed by atoms with van der Waals surface area (Å²) >= 11 is 0. The van der Waals surface area contributed by atoms with Gasteiger partial charge < -0.3 is 9.05 Å². The topological polar surface area (TPSA) is 52.6 Å². The second-order valence-corrected chi connectivity index (χ2v) is 6.03. The van der Waals surface area contributed by atoms with Crippen molar-refractivity contribution in [3.05, 3.63) is 0 Å². The fourth-order valence-corrected chi connectivity index (χ4v) is 2.68. The summed E-state index contributed by atoms with van der Waals surface area (Å²) in [5, 5.41) is 0. The number of rotatable bonds is 5. The van der Waals surface area contributed by atoms with Crippen LogP contribution in [0, 0.1) is 11.8 Å². The predicted molar refractivity (Wildman–Crippen MR) is 53.4 cm³/mol. The quantitative estimate of drug-likeness (QED) is 0.665. The Kier molecular flexibility index (Phi) is 3.87. The summed E-state index contributed by atoms with van der Waals surface area (Å²) in [6.07, 6.45) is 1.91. The molecule has 1 aliphatic carbocycles. The van der Waals surface area contributed by atoms with Crippen LogP contribution in [0.25, 0.3) is 0 Å². The Labute approximate surface area is 84.5 Å². The second-order valence-electron chi connectivity index (χ2n) is 3.76. The minimum Gasteiger partial charge on any atom is -0.312 e. The van der Waals surface area contributed by atoms with Gasteiger partial charge in [-0.3, -0.25) is 9.36 Å². The molecule has 2 unspecified atom stereocenters. The van der Waals surface area contributed by atoms with Crippen LogP contribution in [0.4, 0.5) is 0 Å². The van der Waals surface area contributed by atoms with Crippen LogP contribution < -0.4 is 0 Å². The largest absolute Gasteiger partial charge is 0.337 e. The third-order valence-corrected chi connectivity index (χ3v) is 4.75. The molecule has 4 nitrogen and oxygen atoms in total. The molecule has 0 aromatic heterocycles. The zero-order valence-electron chi connectivity index (χ0n) is 8.86. The van der Waals surface area contributed by atoms with Gasteiger partial charge >= 0.3 is 7.60 Å². The number of carbonyl (C=O) groups is 1. The monoisotopic (exact) mass is 220 g/mol. The van der Waals surface area contributed by atoms with Crippen molar-refractivity contribution < 1.29 is 18.4 Å². The first-order chi connectivity index (χ1) is 6.52. The number of ketones is 1. The van der Waals surface area contributed by atoms with Crippen molar-refractivity contribution in [2.75, 3.05) is 20.4 Å². The van der Waals surface area contributed by atoms with Crippen molar-refractivity contribution >= 4 is 13.4 Å². The van der Waals surface area contributed by atoms with Crippen molar-refractivity contribution in [1.82, 2.24) is 0 Å². The van der Waals surface area contributed by atoms with E-state index in [1.807, 2.05) is 6.92 Å². The third kappa shape index (κ3) is 2.44. The summed E-state index contributed by atoms with van der Waals surface area (Å²) in [6.45, 7) is 2.04. The van der Waals surface area contributed by atoms with E-state index in [0.29, 0.717) is 5.92 Å². The van der Waals surface area contributed by atoms with Crippen LogP contribution in [0.3, 0.4) is 0 Å². The lowest BCUT2D eigenvalue weighted by atomic mass is 9.73. The van der Waals surface area contributed by atoms with Gasteiger partial charge in [-0.1, -0.05) is 6.92 Å². The molecule has 0 bridgehead atoms. The lowest BCUT2D eigenvalue weighted by Crippen LogP contribution is -2.32. The van der Waals surface area contributed by atoms with Crippen molar-refractivity contribution in [3.63, 3.8) is 0 Å². The maximum absolute atomic E-state index is 11.6. The molecule has 0 aromatic rings. The number of carbonyl (C=O) groups excluding carboxylic acids is 1. The average molecular weight is 220 g/mol. The highest BCUT2D eigenvalue weighted by molar-refractivity contribution is 7.54. The molecule has 0 N–H and O–H groups in total. The molecule has 0 amide bonds. The molecule has 0 heterocycles. The van der Waals surface area contributed by atoms with Crippen molar-refractivity contribution in [3.8, 4) is 0 Å². The van der Waals surface area contributed by atoms with Crippen molar-refractivity contribution in [2.45, 2.75) is 19.8 Å². The van der Waals surface area contributed by atoms with Gasteiger partial charge in [0.05, 0.1) is 0 Å². The number of hydrogen-bond donors (Lipinski definition) is 0. The van der Waals surface area contributed by atoms with Gasteiger partial charge in [0.1, 0.15) is 11.9 Å². The SMILES string of the molecule is COP(=O)(CC(=O)C1CCC1C)OC. The minimum atomic E-state index is -3.15. The molecule has 1 aliphatic rings. The zero-order chi connectivity index (χ0) is 10.8. The van der Waals surface area contributed by atoms with Gasteiger partial charge in [0, 0.05) is 20.1 Å². The van der Waals surface area contributed by atoms with E-state index in [9.17, 15) is 9.36 Å². The molecule has 5 heteroatoms. The molecule has 14 heavy (non-hydrogen) atoms. The number of Topliss-reactive ketones (excluding diaryl/α,β-unsaturated/α-hetero) is 1. The first-order valence-corrected chi connectivity index (χ1v) is 6.48. The molecule has 82 valence electrons. The first-order valence-electron chi connectivity index (χ1n) is 4.75. The average Bonchev–Trinajstić information content (AvgIpc) is 2.15. The summed E-state index contributed by atoms with van der Waals surface area (Å²) in [4.78, 5) is 11.6. The van der Waals surface area contributed by atoms with E-state index in [-0.39, 0.29) is 17.9 Å². The van der Waals surface area contributed by atoms with E-state index in [4.69, 9.17) is 9.05 Å². The summed E-state index contributed by atoms with van der Waals surface area (Å²) < 4.78 is 21.1. The lowest BCUT2D eigenvalue weighted by Gasteiger charge is -2.32. The van der Waals surface area contributed by atoms with Gasteiger partial charge in [0.25, 0.3) is 0 Å². The minimum absolute atomic E-state index is 0.00998. The highest BCUT2D eigenvalue weighted by Gasteiger charge is 2.37. The first kappa shape index (κ1) is 11.9.